The summed E-state index contributed by atoms with van der Waals surface area (Å²) in [7, 11) is 3.27. The van der Waals surface area contributed by atoms with Crippen LogP contribution >= 0.6 is 0 Å². The van der Waals surface area contributed by atoms with Crippen LogP contribution in [0.25, 0.3) is 0 Å². The van der Waals surface area contributed by atoms with Gasteiger partial charge in [-0.3, -0.25) is 9.59 Å². The number of nitrogens with zero attached hydrogens (tertiary/aromatic N) is 1. The van der Waals surface area contributed by atoms with Crippen molar-refractivity contribution in [2.24, 2.45) is 5.92 Å². The fourth-order valence-electron chi connectivity index (χ4n) is 2.15. The van der Waals surface area contributed by atoms with Crippen molar-refractivity contribution < 1.29 is 9.59 Å². The molecule has 2 rings (SSSR count). The van der Waals surface area contributed by atoms with E-state index in [0.29, 0.717) is 12.1 Å². The van der Waals surface area contributed by atoms with Crippen molar-refractivity contribution in [2.45, 2.75) is 6.42 Å². The Morgan fingerprint density at radius 1 is 1.53 bits per heavy atom. The Morgan fingerprint density at radius 3 is 2.89 bits per heavy atom. The lowest BCUT2D eigenvalue weighted by atomic mass is 9.91. The van der Waals surface area contributed by atoms with Crippen LogP contribution < -0.4 is 10.6 Å². The average molecular weight is 257 g/mol. The number of rotatable bonds is 2. The van der Waals surface area contributed by atoms with Crippen LogP contribution in [0.2, 0.25) is 0 Å². The minimum absolute atomic E-state index is 0.210. The van der Waals surface area contributed by atoms with E-state index in [4.69, 9.17) is 6.42 Å². The van der Waals surface area contributed by atoms with Gasteiger partial charge >= 0.3 is 0 Å². The van der Waals surface area contributed by atoms with Gasteiger partial charge in [-0.2, -0.15) is 0 Å². The van der Waals surface area contributed by atoms with Crippen LogP contribution in [0.1, 0.15) is 5.56 Å². The molecule has 0 saturated carbocycles. The Balaban J connectivity index is 2.38. The predicted octanol–water partition coefficient (Wildman–Crippen LogP) is 0.888. The van der Waals surface area contributed by atoms with Crippen LogP contribution in [-0.2, 0) is 16.0 Å². The van der Waals surface area contributed by atoms with Gasteiger partial charge in [0.2, 0.25) is 11.8 Å². The van der Waals surface area contributed by atoms with Crippen LogP contribution in [0.4, 0.5) is 11.4 Å². The first-order chi connectivity index (χ1) is 9.04. The van der Waals surface area contributed by atoms with Crippen LogP contribution in [0.3, 0.4) is 0 Å². The monoisotopic (exact) mass is 257 g/mol. The standard InChI is InChI=1S/C14H15N3O2/c1-4-15-11-6-5-7-12-9(11)8-10(13(18)16-12)14(19)17(2)3/h1,5-7,10,15H,8H2,2-3H3,(H,16,18). The maximum atomic E-state index is 12.0. The number of benzene rings is 1. The predicted molar refractivity (Wildman–Crippen MR) is 73.4 cm³/mol. The zero-order valence-electron chi connectivity index (χ0n) is 10.9. The first-order valence-electron chi connectivity index (χ1n) is 5.90. The number of nitrogens with one attached hydrogen (secondary N) is 2. The fourth-order valence-corrected chi connectivity index (χ4v) is 2.15. The molecule has 0 aliphatic carbocycles. The molecular weight excluding hydrogens is 242 g/mol. The summed E-state index contributed by atoms with van der Waals surface area (Å²) in [5.41, 5.74) is 2.31. The first kappa shape index (κ1) is 13.0. The molecule has 0 radical (unpaired) electrons. The van der Waals surface area contributed by atoms with Crippen molar-refractivity contribution in [3.8, 4) is 12.5 Å². The quantitative estimate of drug-likeness (QED) is 0.470. The number of carbonyl (C=O) groups is 2. The minimum Gasteiger partial charge on any atom is -0.348 e. The SMILES string of the molecule is C#CNc1cccc2c1CC(C(=O)N(C)C)C(=O)N2. The van der Waals surface area contributed by atoms with E-state index in [2.05, 4.69) is 16.7 Å². The van der Waals surface area contributed by atoms with Gasteiger partial charge in [-0.05, 0) is 18.6 Å². The number of anilines is 2. The Hall–Kier alpha value is -2.48. The molecule has 5 heteroatoms. The van der Waals surface area contributed by atoms with Gasteiger partial charge < -0.3 is 15.5 Å². The number of amides is 2. The van der Waals surface area contributed by atoms with Crippen LogP contribution in [0.5, 0.6) is 0 Å². The molecule has 1 unspecified atom stereocenters. The van der Waals surface area contributed by atoms with Gasteiger partial charge in [0.15, 0.2) is 0 Å². The molecule has 1 aromatic carbocycles. The molecule has 5 nitrogen and oxygen atoms in total. The van der Waals surface area contributed by atoms with Crippen LogP contribution in [0, 0.1) is 18.4 Å². The highest BCUT2D eigenvalue weighted by Gasteiger charge is 2.34. The maximum Gasteiger partial charge on any atom is 0.237 e. The van der Waals surface area contributed by atoms with E-state index >= 15 is 0 Å². The molecule has 19 heavy (non-hydrogen) atoms. The van der Waals surface area contributed by atoms with Gasteiger partial charge in [0.1, 0.15) is 5.92 Å². The Morgan fingerprint density at radius 2 is 2.26 bits per heavy atom. The van der Waals surface area contributed by atoms with E-state index < -0.39 is 5.92 Å². The highest BCUT2D eigenvalue weighted by atomic mass is 16.2. The normalized spacial score (nSPS) is 16.9. The van der Waals surface area contributed by atoms with Crippen molar-refractivity contribution in [3.63, 3.8) is 0 Å². The lowest BCUT2D eigenvalue weighted by molar-refractivity contribution is -0.138. The second kappa shape index (κ2) is 5.02. The molecule has 0 bridgehead atoms. The zero-order chi connectivity index (χ0) is 14.0. The first-order valence-corrected chi connectivity index (χ1v) is 5.90. The number of hydrogen-bond acceptors (Lipinski definition) is 3. The molecule has 0 spiro atoms. The van der Waals surface area contributed by atoms with Gasteiger partial charge in [0, 0.05) is 31.4 Å². The van der Waals surface area contributed by atoms with Crippen molar-refractivity contribution in [2.75, 3.05) is 24.7 Å². The molecule has 1 atom stereocenters. The van der Waals surface area contributed by atoms with Crippen LogP contribution in [0.15, 0.2) is 18.2 Å². The second-order valence-corrected chi connectivity index (χ2v) is 4.58. The lowest BCUT2D eigenvalue weighted by Gasteiger charge is -2.27. The van der Waals surface area contributed by atoms with Crippen LogP contribution in [-0.4, -0.2) is 30.8 Å². The summed E-state index contributed by atoms with van der Waals surface area (Å²) in [6.07, 6.45) is 5.59. The number of hydrogen-bond donors (Lipinski definition) is 2. The topological polar surface area (TPSA) is 61.4 Å². The number of carbonyl (C=O) groups excluding carboxylic acids is 2. The Kier molecular flexibility index (Phi) is 3.43. The third-order valence-electron chi connectivity index (χ3n) is 3.10. The smallest absolute Gasteiger partial charge is 0.237 e. The largest absolute Gasteiger partial charge is 0.348 e. The highest BCUT2D eigenvalue weighted by molar-refractivity contribution is 6.09. The van der Waals surface area contributed by atoms with Crippen molar-refractivity contribution >= 4 is 23.2 Å². The summed E-state index contributed by atoms with van der Waals surface area (Å²) >= 11 is 0. The molecule has 2 N–H and O–H groups in total. The third kappa shape index (κ3) is 2.38. The highest BCUT2D eigenvalue weighted by Crippen LogP contribution is 2.32. The molecule has 1 aromatic rings. The summed E-state index contributed by atoms with van der Waals surface area (Å²) in [5, 5.41) is 5.54. The summed E-state index contributed by atoms with van der Waals surface area (Å²) in [4.78, 5) is 25.4. The van der Waals surface area contributed by atoms with Crippen molar-refractivity contribution in [1.82, 2.24) is 4.90 Å². The molecule has 1 aliphatic heterocycles. The van der Waals surface area contributed by atoms with Crippen molar-refractivity contribution in [1.29, 1.82) is 0 Å². The van der Waals surface area contributed by atoms with E-state index in [1.165, 1.54) is 4.90 Å². The minimum atomic E-state index is -0.705. The third-order valence-corrected chi connectivity index (χ3v) is 3.10. The second-order valence-electron chi connectivity index (χ2n) is 4.58. The van der Waals surface area contributed by atoms with Gasteiger partial charge in [-0.1, -0.05) is 12.5 Å². The summed E-state index contributed by atoms with van der Waals surface area (Å²) in [6, 6.07) is 7.78. The molecule has 1 heterocycles. The molecule has 98 valence electrons. The van der Waals surface area contributed by atoms with Crippen molar-refractivity contribution in [3.05, 3.63) is 23.8 Å². The average Bonchev–Trinajstić information content (AvgIpc) is 2.37. The van der Waals surface area contributed by atoms with Gasteiger partial charge in [0.05, 0.1) is 5.69 Å². The molecule has 0 saturated heterocycles. The Bertz CT molecular complexity index is 573. The lowest BCUT2D eigenvalue weighted by Crippen LogP contribution is -2.41. The Labute approximate surface area is 112 Å². The summed E-state index contributed by atoms with van der Waals surface area (Å²) < 4.78 is 0. The summed E-state index contributed by atoms with van der Waals surface area (Å²) in [5.74, 6) is -1.19. The molecule has 2 amide bonds. The maximum absolute atomic E-state index is 12.0. The van der Waals surface area contributed by atoms with E-state index in [-0.39, 0.29) is 11.8 Å². The molecule has 0 aromatic heterocycles. The summed E-state index contributed by atoms with van der Waals surface area (Å²) in [6.45, 7) is 0. The molecule has 0 fully saturated rings. The number of fused-ring (bicyclic) bond motifs is 1. The van der Waals surface area contributed by atoms with E-state index in [1.807, 2.05) is 6.07 Å². The molecular formula is C14H15N3O2. The van der Waals surface area contributed by atoms with Gasteiger partial charge in [-0.15, -0.1) is 0 Å². The van der Waals surface area contributed by atoms with Gasteiger partial charge in [-0.25, -0.2) is 0 Å². The van der Waals surface area contributed by atoms with E-state index in [9.17, 15) is 9.59 Å². The zero-order valence-corrected chi connectivity index (χ0v) is 10.9. The molecule has 1 aliphatic rings. The fraction of sp³-hybridized carbons (Fsp3) is 0.286. The van der Waals surface area contributed by atoms with E-state index in [1.54, 1.807) is 26.2 Å². The van der Waals surface area contributed by atoms with E-state index in [0.717, 1.165) is 11.3 Å². The number of terminal acetylenes is 1. The van der Waals surface area contributed by atoms with Gasteiger partial charge in [0.25, 0.3) is 0 Å².